The molecule has 0 spiro atoms. The SMILES string of the molecule is CC.COCc1ccc(C)c(Cl)c1. The molecule has 2 heteroatoms. The van der Waals surface area contributed by atoms with Gasteiger partial charge < -0.3 is 4.74 Å². The monoisotopic (exact) mass is 200 g/mol. The molecule has 0 saturated carbocycles. The quantitative estimate of drug-likeness (QED) is 0.705. The molecule has 0 aliphatic heterocycles. The Morgan fingerprint density at radius 2 is 1.92 bits per heavy atom. The molecule has 0 N–H and O–H groups in total. The number of methoxy groups -OCH3 is 1. The molecule has 1 rings (SSSR count). The van der Waals surface area contributed by atoms with Crippen LogP contribution in [-0.2, 0) is 11.3 Å². The lowest BCUT2D eigenvalue weighted by Gasteiger charge is -2.01. The van der Waals surface area contributed by atoms with Gasteiger partial charge in [-0.15, -0.1) is 0 Å². The molecule has 0 amide bonds. The van der Waals surface area contributed by atoms with Gasteiger partial charge >= 0.3 is 0 Å². The van der Waals surface area contributed by atoms with Crippen LogP contribution in [0.5, 0.6) is 0 Å². The fourth-order valence-electron chi connectivity index (χ4n) is 0.893. The second kappa shape index (κ2) is 6.93. The molecule has 74 valence electrons. The second-order valence-corrected chi connectivity index (χ2v) is 2.92. The normalized spacial score (nSPS) is 9.00. The fourth-order valence-corrected chi connectivity index (χ4v) is 1.10. The summed E-state index contributed by atoms with van der Waals surface area (Å²) in [6.07, 6.45) is 0. The summed E-state index contributed by atoms with van der Waals surface area (Å²) in [5, 5.41) is 0.805. The van der Waals surface area contributed by atoms with Crippen LogP contribution in [0.15, 0.2) is 18.2 Å². The highest BCUT2D eigenvalue weighted by Gasteiger charge is 1.96. The van der Waals surface area contributed by atoms with Crippen molar-refractivity contribution >= 4 is 11.6 Å². The van der Waals surface area contributed by atoms with Gasteiger partial charge in [-0.2, -0.15) is 0 Å². The molecule has 0 radical (unpaired) electrons. The van der Waals surface area contributed by atoms with Crippen LogP contribution in [0.25, 0.3) is 0 Å². The third-order valence-electron chi connectivity index (χ3n) is 1.55. The van der Waals surface area contributed by atoms with Gasteiger partial charge in [-0.25, -0.2) is 0 Å². The van der Waals surface area contributed by atoms with Crippen LogP contribution in [0.2, 0.25) is 5.02 Å². The zero-order valence-electron chi connectivity index (χ0n) is 8.73. The molecule has 1 aromatic rings. The number of hydrogen-bond acceptors (Lipinski definition) is 1. The number of hydrogen-bond donors (Lipinski definition) is 0. The summed E-state index contributed by atoms with van der Waals surface area (Å²) in [6, 6.07) is 5.95. The van der Waals surface area contributed by atoms with Crippen LogP contribution in [0.4, 0.5) is 0 Å². The first-order valence-corrected chi connectivity index (χ1v) is 4.86. The van der Waals surface area contributed by atoms with E-state index in [9.17, 15) is 0 Å². The summed E-state index contributed by atoms with van der Waals surface area (Å²) in [5.41, 5.74) is 2.22. The summed E-state index contributed by atoms with van der Waals surface area (Å²) in [5.74, 6) is 0. The third kappa shape index (κ3) is 4.30. The van der Waals surface area contributed by atoms with Crippen LogP contribution in [0.1, 0.15) is 25.0 Å². The van der Waals surface area contributed by atoms with Crippen molar-refractivity contribution in [3.8, 4) is 0 Å². The molecule has 0 unspecified atom stereocenters. The Balaban J connectivity index is 0.000000671. The first-order valence-electron chi connectivity index (χ1n) is 4.48. The van der Waals surface area contributed by atoms with E-state index in [2.05, 4.69) is 0 Å². The lowest BCUT2D eigenvalue weighted by molar-refractivity contribution is 0.185. The van der Waals surface area contributed by atoms with Crippen molar-refractivity contribution in [3.63, 3.8) is 0 Å². The highest BCUT2D eigenvalue weighted by atomic mass is 35.5. The molecule has 0 atom stereocenters. The van der Waals surface area contributed by atoms with E-state index in [1.165, 1.54) is 0 Å². The molecule has 1 nitrogen and oxygen atoms in total. The predicted molar refractivity (Wildman–Crippen MR) is 58.3 cm³/mol. The Bertz CT molecular complexity index is 246. The minimum atomic E-state index is 0.625. The maximum absolute atomic E-state index is 5.89. The topological polar surface area (TPSA) is 9.23 Å². The summed E-state index contributed by atoms with van der Waals surface area (Å²) in [7, 11) is 1.67. The predicted octanol–water partition coefficient (Wildman–Crippen LogP) is 3.82. The maximum Gasteiger partial charge on any atom is 0.0713 e. The first-order chi connectivity index (χ1) is 6.24. The van der Waals surface area contributed by atoms with Gasteiger partial charge in [-0.1, -0.05) is 37.6 Å². The Labute approximate surface area is 85.7 Å². The van der Waals surface area contributed by atoms with E-state index < -0.39 is 0 Å². The van der Waals surface area contributed by atoms with Gasteiger partial charge in [0.1, 0.15) is 0 Å². The summed E-state index contributed by atoms with van der Waals surface area (Å²) in [6.45, 7) is 6.61. The van der Waals surface area contributed by atoms with E-state index in [1.54, 1.807) is 7.11 Å². The summed E-state index contributed by atoms with van der Waals surface area (Å²) < 4.78 is 4.96. The number of rotatable bonds is 2. The molecule has 1 aromatic carbocycles. The van der Waals surface area contributed by atoms with Gasteiger partial charge in [-0.05, 0) is 24.1 Å². The van der Waals surface area contributed by atoms with Crippen LogP contribution < -0.4 is 0 Å². The van der Waals surface area contributed by atoms with Crippen molar-refractivity contribution in [1.29, 1.82) is 0 Å². The average molecular weight is 201 g/mol. The van der Waals surface area contributed by atoms with Crippen LogP contribution in [-0.4, -0.2) is 7.11 Å². The molecule has 0 aromatic heterocycles. The van der Waals surface area contributed by atoms with E-state index >= 15 is 0 Å². The van der Waals surface area contributed by atoms with Gasteiger partial charge in [0.15, 0.2) is 0 Å². The van der Waals surface area contributed by atoms with Gasteiger partial charge in [0.25, 0.3) is 0 Å². The zero-order chi connectivity index (χ0) is 10.3. The van der Waals surface area contributed by atoms with Crippen molar-refractivity contribution in [2.45, 2.75) is 27.4 Å². The molecule has 0 saturated heterocycles. The highest BCUT2D eigenvalue weighted by Crippen LogP contribution is 2.16. The molecular formula is C11H17ClO. The number of aryl methyl sites for hydroxylation is 1. The van der Waals surface area contributed by atoms with Gasteiger partial charge in [0.05, 0.1) is 6.61 Å². The minimum absolute atomic E-state index is 0.625. The Morgan fingerprint density at radius 3 is 2.38 bits per heavy atom. The van der Waals surface area contributed by atoms with E-state index in [0.717, 1.165) is 16.1 Å². The second-order valence-electron chi connectivity index (χ2n) is 2.52. The Morgan fingerprint density at radius 1 is 1.31 bits per heavy atom. The lowest BCUT2D eigenvalue weighted by Crippen LogP contribution is -1.87. The lowest BCUT2D eigenvalue weighted by atomic mass is 10.2. The molecule has 0 aliphatic carbocycles. The molecule has 0 aliphatic rings. The van der Waals surface area contributed by atoms with E-state index in [4.69, 9.17) is 16.3 Å². The fraction of sp³-hybridized carbons (Fsp3) is 0.455. The standard InChI is InChI=1S/C9H11ClO.C2H6/c1-7-3-4-8(6-11-2)5-9(7)10;1-2/h3-5H,6H2,1-2H3;1-2H3. The van der Waals surface area contributed by atoms with Crippen molar-refractivity contribution in [3.05, 3.63) is 34.3 Å². The Hall–Kier alpha value is -0.530. The summed E-state index contributed by atoms with van der Waals surface area (Å²) >= 11 is 5.89. The molecule has 0 fully saturated rings. The zero-order valence-corrected chi connectivity index (χ0v) is 9.48. The number of ether oxygens (including phenoxy) is 1. The van der Waals surface area contributed by atoms with E-state index in [1.807, 2.05) is 39.0 Å². The molecular weight excluding hydrogens is 184 g/mol. The van der Waals surface area contributed by atoms with Crippen molar-refractivity contribution in [2.75, 3.05) is 7.11 Å². The third-order valence-corrected chi connectivity index (χ3v) is 1.95. The van der Waals surface area contributed by atoms with Gasteiger partial charge in [-0.3, -0.25) is 0 Å². The van der Waals surface area contributed by atoms with Crippen LogP contribution >= 0.6 is 11.6 Å². The number of halogens is 1. The Kier molecular flexibility index (Phi) is 6.65. The average Bonchev–Trinajstić information content (AvgIpc) is 2.15. The van der Waals surface area contributed by atoms with Crippen molar-refractivity contribution < 1.29 is 4.74 Å². The molecule has 0 bridgehead atoms. The first kappa shape index (κ1) is 12.5. The highest BCUT2D eigenvalue weighted by molar-refractivity contribution is 6.31. The molecule has 13 heavy (non-hydrogen) atoms. The van der Waals surface area contributed by atoms with Gasteiger partial charge in [0, 0.05) is 12.1 Å². The maximum atomic E-state index is 5.89. The van der Waals surface area contributed by atoms with Crippen LogP contribution in [0, 0.1) is 6.92 Å². The van der Waals surface area contributed by atoms with E-state index in [-0.39, 0.29) is 0 Å². The number of benzene rings is 1. The van der Waals surface area contributed by atoms with Crippen LogP contribution in [0.3, 0.4) is 0 Å². The van der Waals surface area contributed by atoms with Gasteiger partial charge in [0.2, 0.25) is 0 Å². The smallest absolute Gasteiger partial charge is 0.0713 e. The molecule has 0 heterocycles. The largest absolute Gasteiger partial charge is 0.380 e. The van der Waals surface area contributed by atoms with Crippen molar-refractivity contribution in [2.24, 2.45) is 0 Å². The summed E-state index contributed by atoms with van der Waals surface area (Å²) in [4.78, 5) is 0. The van der Waals surface area contributed by atoms with E-state index in [0.29, 0.717) is 6.61 Å². The van der Waals surface area contributed by atoms with Crippen molar-refractivity contribution in [1.82, 2.24) is 0 Å². The minimum Gasteiger partial charge on any atom is -0.380 e.